The lowest BCUT2D eigenvalue weighted by Crippen LogP contribution is -2.49. The molecule has 7 nitrogen and oxygen atoms in total. The molecule has 3 aliphatic rings. The number of carbonyl (C=O) groups excluding carboxylic acids is 2. The number of amides is 2. The number of halogens is 1. The smallest absolute Gasteiger partial charge is 0.254 e. The van der Waals surface area contributed by atoms with Gasteiger partial charge in [0, 0.05) is 73.2 Å². The van der Waals surface area contributed by atoms with Crippen LogP contribution in [0.3, 0.4) is 0 Å². The molecule has 3 aliphatic heterocycles. The summed E-state index contributed by atoms with van der Waals surface area (Å²) >= 11 is 6.19. The van der Waals surface area contributed by atoms with Crippen molar-refractivity contribution < 1.29 is 14.3 Å². The molecule has 0 atom stereocenters. The number of hydrogen-bond acceptors (Lipinski definition) is 5. The Morgan fingerprint density at radius 3 is 2.30 bits per heavy atom. The lowest BCUT2D eigenvalue weighted by molar-refractivity contribution is -0.125. The lowest BCUT2D eigenvalue weighted by Gasteiger charge is -2.40. The summed E-state index contributed by atoms with van der Waals surface area (Å²) in [6.07, 6.45) is 2.42. The molecule has 0 radical (unpaired) electrons. The zero-order valence-electron chi connectivity index (χ0n) is 26.9. The van der Waals surface area contributed by atoms with Crippen molar-refractivity contribution in [3.8, 4) is 11.5 Å². The van der Waals surface area contributed by atoms with E-state index in [2.05, 4.69) is 33.3 Å². The highest BCUT2D eigenvalue weighted by Crippen LogP contribution is 2.50. The number of benzene rings is 4. The number of carbonyl (C=O) groups is 2. The molecule has 0 aliphatic carbocycles. The van der Waals surface area contributed by atoms with E-state index in [1.807, 2.05) is 84.6 Å². The summed E-state index contributed by atoms with van der Waals surface area (Å²) in [5.41, 5.74) is 5.14. The number of ether oxygens (including phenoxy) is 1. The minimum absolute atomic E-state index is 0.0288. The standard InChI is InChI=1S/C39H41ClN4O3/c1-2-41-38(46)39(33-11-3-5-13-35(33)47-36-14-6-4-12-34(36)39)18-8-19-42-21-23-43(24-22-42)31-16-15-29-17-20-44(37(45)32(29)26-31)27-28-9-7-10-30(40)25-28/h3-7,9-16,25-26H,2,8,17-24,27H2,1H3,(H,41,46). The van der Waals surface area contributed by atoms with Crippen LogP contribution in [-0.4, -0.2) is 67.4 Å². The van der Waals surface area contributed by atoms with Gasteiger partial charge in [-0.15, -0.1) is 0 Å². The molecule has 0 aromatic heterocycles. The Bertz CT molecular complexity index is 1740. The summed E-state index contributed by atoms with van der Waals surface area (Å²) < 4.78 is 6.26. The highest BCUT2D eigenvalue weighted by atomic mass is 35.5. The Morgan fingerprint density at radius 1 is 0.872 bits per heavy atom. The van der Waals surface area contributed by atoms with Gasteiger partial charge in [0.15, 0.2) is 0 Å². The van der Waals surface area contributed by atoms with E-state index in [1.54, 1.807) is 0 Å². The van der Waals surface area contributed by atoms with E-state index in [1.165, 1.54) is 0 Å². The number of para-hydroxylation sites is 2. The Labute approximate surface area is 282 Å². The predicted octanol–water partition coefficient (Wildman–Crippen LogP) is 6.67. The number of rotatable bonds is 9. The van der Waals surface area contributed by atoms with Gasteiger partial charge in [-0.1, -0.05) is 66.2 Å². The lowest BCUT2D eigenvalue weighted by atomic mass is 9.68. The largest absolute Gasteiger partial charge is 0.457 e. The summed E-state index contributed by atoms with van der Waals surface area (Å²) in [7, 11) is 0. The van der Waals surface area contributed by atoms with E-state index in [-0.39, 0.29) is 11.8 Å². The fraction of sp³-hybridized carbons (Fsp3) is 0.333. The number of fused-ring (bicyclic) bond motifs is 3. The summed E-state index contributed by atoms with van der Waals surface area (Å²) in [6, 6.07) is 30.1. The second-order valence-electron chi connectivity index (χ2n) is 12.7. The van der Waals surface area contributed by atoms with Gasteiger partial charge in [0.05, 0.1) is 0 Å². The third kappa shape index (κ3) is 6.10. The van der Waals surface area contributed by atoms with E-state index in [9.17, 15) is 9.59 Å². The molecule has 4 aromatic rings. The quantitative estimate of drug-likeness (QED) is 0.220. The minimum atomic E-state index is -0.806. The predicted molar refractivity (Wildman–Crippen MR) is 187 cm³/mol. The third-order valence-corrected chi connectivity index (χ3v) is 10.2. The fourth-order valence-electron chi connectivity index (χ4n) is 7.53. The van der Waals surface area contributed by atoms with Crippen LogP contribution in [0.2, 0.25) is 5.02 Å². The van der Waals surface area contributed by atoms with Gasteiger partial charge in [-0.05, 0) is 80.3 Å². The Morgan fingerprint density at radius 2 is 1.60 bits per heavy atom. The van der Waals surface area contributed by atoms with E-state index < -0.39 is 5.41 Å². The van der Waals surface area contributed by atoms with E-state index in [0.29, 0.717) is 31.1 Å². The van der Waals surface area contributed by atoms with Crippen LogP contribution in [-0.2, 0) is 23.2 Å². The SMILES string of the molecule is CCNC(=O)C1(CCCN2CCN(c3ccc4c(c3)C(=O)N(Cc3cccc(Cl)c3)CC4)CC2)c2ccccc2Oc2ccccc21. The number of hydrogen-bond donors (Lipinski definition) is 1. The Kier molecular flexibility index (Phi) is 8.93. The van der Waals surface area contributed by atoms with E-state index in [0.717, 1.165) is 90.6 Å². The molecule has 1 fully saturated rings. The first-order valence-corrected chi connectivity index (χ1v) is 17.1. The Hall–Kier alpha value is -4.33. The van der Waals surface area contributed by atoms with Gasteiger partial charge in [0.25, 0.3) is 5.91 Å². The Balaban J connectivity index is 1.01. The summed E-state index contributed by atoms with van der Waals surface area (Å²) in [4.78, 5) is 34.3. The first kappa shape index (κ1) is 31.3. The molecular weight excluding hydrogens is 608 g/mol. The highest BCUT2D eigenvalue weighted by molar-refractivity contribution is 6.30. The average molecular weight is 649 g/mol. The fourth-order valence-corrected chi connectivity index (χ4v) is 7.74. The van der Waals surface area contributed by atoms with Crippen LogP contribution in [0.5, 0.6) is 11.5 Å². The molecule has 1 N–H and O–H groups in total. The second-order valence-corrected chi connectivity index (χ2v) is 13.2. The molecule has 2 amide bonds. The van der Waals surface area contributed by atoms with E-state index in [4.69, 9.17) is 16.3 Å². The van der Waals surface area contributed by atoms with Gasteiger partial charge in [0.2, 0.25) is 5.91 Å². The van der Waals surface area contributed by atoms with Crippen LogP contribution in [0.25, 0.3) is 0 Å². The van der Waals surface area contributed by atoms with Crippen molar-refractivity contribution in [1.82, 2.24) is 15.1 Å². The molecule has 3 heterocycles. The molecule has 7 rings (SSSR count). The van der Waals surface area contributed by atoms with Crippen molar-refractivity contribution in [2.24, 2.45) is 0 Å². The molecule has 242 valence electrons. The molecule has 0 saturated carbocycles. The van der Waals surface area contributed by atoms with Crippen LogP contribution in [0.1, 0.15) is 52.4 Å². The monoisotopic (exact) mass is 648 g/mol. The van der Waals surface area contributed by atoms with E-state index >= 15 is 0 Å². The zero-order valence-corrected chi connectivity index (χ0v) is 27.6. The van der Waals surface area contributed by atoms with Crippen LogP contribution in [0.4, 0.5) is 5.69 Å². The first-order chi connectivity index (χ1) is 23.0. The molecular formula is C39H41ClN4O3. The van der Waals surface area contributed by atoms with Crippen molar-refractivity contribution in [3.63, 3.8) is 0 Å². The highest BCUT2D eigenvalue weighted by Gasteiger charge is 2.47. The molecule has 4 aromatic carbocycles. The van der Waals surface area contributed by atoms with Crippen LogP contribution in [0.15, 0.2) is 91.0 Å². The number of piperazine rings is 1. The van der Waals surface area contributed by atoms with Gasteiger partial charge < -0.3 is 19.9 Å². The van der Waals surface area contributed by atoms with Gasteiger partial charge >= 0.3 is 0 Å². The third-order valence-electron chi connectivity index (χ3n) is 9.93. The molecule has 0 bridgehead atoms. The molecule has 8 heteroatoms. The topological polar surface area (TPSA) is 65.1 Å². The van der Waals surface area contributed by atoms with Gasteiger partial charge in [-0.2, -0.15) is 0 Å². The normalized spacial score (nSPS) is 16.9. The maximum Gasteiger partial charge on any atom is 0.254 e. The van der Waals surface area contributed by atoms with Crippen molar-refractivity contribution in [1.29, 1.82) is 0 Å². The number of nitrogens with one attached hydrogen (secondary N) is 1. The van der Waals surface area contributed by atoms with Crippen LogP contribution in [0, 0.1) is 0 Å². The van der Waals surface area contributed by atoms with Crippen molar-refractivity contribution in [2.45, 2.75) is 38.1 Å². The van der Waals surface area contributed by atoms with Crippen LogP contribution >= 0.6 is 11.6 Å². The van der Waals surface area contributed by atoms with Crippen molar-refractivity contribution >= 4 is 29.1 Å². The summed E-state index contributed by atoms with van der Waals surface area (Å²) in [5, 5.41) is 3.83. The number of anilines is 1. The molecule has 0 unspecified atom stereocenters. The summed E-state index contributed by atoms with van der Waals surface area (Å²) in [6.45, 7) is 8.35. The maximum absolute atomic E-state index is 14.0. The minimum Gasteiger partial charge on any atom is -0.457 e. The van der Waals surface area contributed by atoms with Crippen LogP contribution < -0.4 is 15.0 Å². The van der Waals surface area contributed by atoms with Gasteiger partial charge in [-0.3, -0.25) is 14.5 Å². The molecule has 47 heavy (non-hydrogen) atoms. The molecule has 0 spiro atoms. The number of nitrogens with zero attached hydrogens (tertiary/aromatic N) is 3. The maximum atomic E-state index is 14.0. The van der Waals surface area contributed by atoms with Crippen molar-refractivity contribution in [2.75, 3.05) is 50.7 Å². The second kappa shape index (κ2) is 13.4. The van der Waals surface area contributed by atoms with Gasteiger partial charge in [0.1, 0.15) is 16.9 Å². The van der Waals surface area contributed by atoms with Gasteiger partial charge in [-0.25, -0.2) is 0 Å². The first-order valence-electron chi connectivity index (χ1n) is 16.8. The van der Waals surface area contributed by atoms with Crippen molar-refractivity contribution in [3.05, 3.63) is 124 Å². The molecule has 1 saturated heterocycles. The number of likely N-dealkylation sites (N-methyl/N-ethyl adjacent to an activating group) is 1. The summed E-state index contributed by atoms with van der Waals surface area (Å²) in [5.74, 6) is 1.62. The zero-order chi connectivity index (χ0) is 32.4. The average Bonchev–Trinajstić information content (AvgIpc) is 3.09.